The van der Waals surface area contributed by atoms with Crippen LogP contribution in [0.25, 0.3) is 11.1 Å². The summed E-state index contributed by atoms with van der Waals surface area (Å²) >= 11 is 23.6. The van der Waals surface area contributed by atoms with Gasteiger partial charge in [0.25, 0.3) is 0 Å². The number of benzene rings is 2. The molecular formula is C12H4Br5Cl. The first-order chi connectivity index (χ1) is 8.40. The Morgan fingerprint density at radius 3 is 1.44 bits per heavy atom. The minimum atomic E-state index is 0.675. The molecule has 0 saturated carbocycles. The Balaban J connectivity index is 2.63. The third-order valence-electron chi connectivity index (χ3n) is 2.30. The molecule has 0 aromatic heterocycles. The number of rotatable bonds is 1. The molecule has 0 fully saturated rings. The van der Waals surface area contributed by atoms with Gasteiger partial charge in [0.05, 0.1) is 9.50 Å². The SMILES string of the molecule is Clc1cc(-c2cc(Br)c(Br)c(Br)c2)cc(Br)c1Br. The summed E-state index contributed by atoms with van der Waals surface area (Å²) in [5.74, 6) is 0. The first-order valence-corrected chi connectivity index (χ1v) is 9.04. The monoisotopic (exact) mass is 578 g/mol. The Kier molecular flexibility index (Phi) is 5.40. The van der Waals surface area contributed by atoms with E-state index in [0.717, 1.165) is 33.5 Å². The normalized spacial score (nSPS) is 10.8. The summed E-state index contributed by atoms with van der Waals surface area (Å²) in [5.41, 5.74) is 2.12. The van der Waals surface area contributed by atoms with Crippen LogP contribution < -0.4 is 0 Å². The van der Waals surface area contributed by atoms with Gasteiger partial charge in [-0.3, -0.25) is 0 Å². The fraction of sp³-hybridized carbons (Fsp3) is 0. The lowest BCUT2D eigenvalue weighted by molar-refractivity contribution is 1.50. The first-order valence-electron chi connectivity index (χ1n) is 4.69. The zero-order chi connectivity index (χ0) is 13.4. The van der Waals surface area contributed by atoms with Crippen molar-refractivity contribution in [3.8, 4) is 11.1 Å². The van der Waals surface area contributed by atoms with E-state index in [9.17, 15) is 0 Å². The molecule has 0 spiro atoms. The molecule has 18 heavy (non-hydrogen) atoms. The summed E-state index contributed by atoms with van der Waals surface area (Å²) in [6.07, 6.45) is 0. The highest BCUT2D eigenvalue weighted by atomic mass is 79.9. The minimum Gasteiger partial charge on any atom is -0.0830 e. The van der Waals surface area contributed by atoms with Crippen molar-refractivity contribution in [1.82, 2.24) is 0 Å². The molecule has 94 valence electrons. The van der Waals surface area contributed by atoms with Crippen molar-refractivity contribution in [2.24, 2.45) is 0 Å². The van der Waals surface area contributed by atoms with E-state index in [0.29, 0.717) is 5.02 Å². The van der Waals surface area contributed by atoms with Crippen molar-refractivity contribution in [2.45, 2.75) is 0 Å². The van der Waals surface area contributed by atoms with Crippen LogP contribution in [-0.4, -0.2) is 0 Å². The van der Waals surface area contributed by atoms with Gasteiger partial charge in [0.2, 0.25) is 0 Å². The average molecular weight is 583 g/mol. The van der Waals surface area contributed by atoms with Gasteiger partial charge in [-0.1, -0.05) is 11.6 Å². The lowest BCUT2D eigenvalue weighted by Crippen LogP contribution is -1.83. The summed E-state index contributed by atoms with van der Waals surface area (Å²) in [5, 5.41) is 0.675. The van der Waals surface area contributed by atoms with Crippen LogP contribution in [0, 0.1) is 0 Å². The standard InChI is InChI=1S/C12H4Br5Cl/c13-7-1-5(2-8(14)11(7)16)6-3-9(15)12(17)10(18)4-6/h1-4H. The largest absolute Gasteiger partial charge is 0.0830 e. The zero-order valence-corrected chi connectivity index (χ0v) is 17.3. The highest BCUT2D eigenvalue weighted by Gasteiger charge is 2.10. The van der Waals surface area contributed by atoms with E-state index >= 15 is 0 Å². The van der Waals surface area contributed by atoms with Gasteiger partial charge >= 0.3 is 0 Å². The van der Waals surface area contributed by atoms with Crippen LogP contribution in [0.15, 0.2) is 46.6 Å². The third kappa shape index (κ3) is 3.23. The van der Waals surface area contributed by atoms with Crippen LogP contribution in [0.3, 0.4) is 0 Å². The lowest BCUT2D eigenvalue weighted by atomic mass is 10.1. The van der Waals surface area contributed by atoms with Gasteiger partial charge in [0, 0.05) is 17.9 Å². The van der Waals surface area contributed by atoms with E-state index < -0.39 is 0 Å². The predicted octanol–water partition coefficient (Wildman–Crippen LogP) is 7.82. The molecule has 6 heteroatoms. The Bertz CT molecular complexity index is 522. The molecule has 0 saturated heterocycles. The highest BCUT2D eigenvalue weighted by molar-refractivity contribution is 9.14. The van der Waals surface area contributed by atoms with Gasteiger partial charge < -0.3 is 0 Å². The molecule has 0 aliphatic rings. The third-order valence-corrected chi connectivity index (χ3v) is 8.01. The van der Waals surface area contributed by atoms with Crippen molar-refractivity contribution < 1.29 is 0 Å². The quantitative estimate of drug-likeness (QED) is 0.301. The van der Waals surface area contributed by atoms with Crippen molar-refractivity contribution >= 4 is 91.3 Å². The Morgan fingerprint density at radius 1 is 0.611 bits per heavy atom. The molecule has 0 radical (unpaired) electrons. The lowest BCUT2D eigenvalue weighted by Gasteiger charge is -2.09. The van der Waals surface area contributed by atoms with E-state index in [-0.39, 0.29) is 0 Å². The average Bonchev–Trinajstić information content (AvgIpc) is 2.31. The Morgan fingerprint density at radius 2 is 1.00 bits per heavy atom. The topological polar surface area (TPSA) is 0 Å². The molecular weight excluding hydrogens is 579 g/mol. The summed E-state index contributed by atoms with van der Waals surface area (Å²) in [7, 11) is 0. The second kappa shape index (κ2) is 6.27. The highest BCUT2D eigenvalue weighted by Crippen LogP contribution is 2.39. The molecule has 0 amide bonds. The maximum atomic E-state index is 6.17. The van der Waals surface area contributed by atoms with Gasteiger partial charge in [-0.25, -0.2) is 0 Å². The fourth-order valence-electron chi connectivity index (χ4n) is 1.44. The van der Waals surface area contributed by atoms with E-state index in [2.05, 4.69) is 79.6 Å². The predicted molar refractivity (Wildman–Crippen MR) is 95.4 cm³/mol. The van der Waals surface area contributed by atoms with Gasteiger partial charge in [0.15, 0.2) is 0 Å². The molecule has 0 nitrogen and oxygen atoms in total. The molecule has 0 N–H and O–H groups in total. The molecule has 0 aliphatic carbocycles. The second-order valence-electron chi connectivity index (χ2n) is 3.51. The van der Waals surface area contributed by atoms with Crippen LogP contribution in [0.5, 0.6) is 0 Å². The van der Waals surface area contributed by atoms with E-state index in [1.807, 2.05) is 24.3 Å². The van der Waals surface area contributed by atoms with Crippen molar-refractivity contribution in [1.29, 1.82) is 0 Å². The maximum absolute atomic E-state index is 6.17. The molecule has 0 unspecified atom stereocenters. The summed E-state index contributed by atoms with van der Waals surface area (Å²) in [6.45, 7) is 0. The molecule has 0 atom stereocenters. The molecule has 2 rings (SSSR count). The summed E-state index contributed by atoms with van der Waals surface area (Å²) in [4.78, 5) is 0. The Labute approximate surface area is 152 Å². The molecule has 2 aromatic rings. The van der Waals surface area contributed by atoms with Gasteiger partial charge in [-0.15, -0.1) is 0 Å². The van der Waals surface area contributed by atoms with Crippen LogP contribution in [-0.2, 0) is 0 Å². The minimum absolute atomic E-state index is 0.675. The number of halogens is 6. The van der Waals surface area contributed by atoms with Crippen molar-refractivity contribution in [2.75, 3.05) is 0 Å². The fourth-order valence-corrected chi connectivity index (χ4v) is 3.88. The molecule has 0 aliphatic heterocycles. The number of hydrogen-bond donors (Lipinski definition) is 0. The van der Waals surface area contributed by atoms with Gasteiger partial charge in [-0.05, 0) is 115 Å². The van der Waals surface area contributed by atoms with Crippen LogP contribution in [0.4, 0.5) is 0 Å². The Hall–Kier alpha value is 1.13. The maximum Gasteiger partial charge on any atom is 0.0565 e. The first kappa shape index (κ1) is 15.5. The molecule has 2 aromatic carbocycles. The van der Waals surface area contributed by atoms with Crippen LogP contribution in [0.2, 0.25) is 5.02 Å². The molecule has 0 heterocycles. The van der Waals surface area contributed by atoms with Crippen molar-refractivity contribution in [3.05, 3.63) is 51.7 Å². The smallest absolute Gasteiger partial charge is 0.0565 e. The van der Waals surface area contributed by atoms with E-state index in [1.54, 1.807) is 0 Å². The van der Waals surface area contributed by atoms with Crippen LogP contribution in [0.1, 0.15) is 0 Å². The van der Waals surface area contributed by atoms with Crippen molar-refractivity contribution in [3.63, 3.8) is 0 Å². The molecule has 0 bridgehead atoms. The van der Waals surface area contributed by atoms with E-state index in [4.69, 9.17) is 11.6 Å². The van der Waals surface area contributed by atoms with Gasteiger partial charge in [0.1, 0.15) is 0 Å². The second-order valence-corrected chi connectivity index (χ2v) is 8.06. The summed E-state index contributed by atoms with van der Waals surface area (Å²) < 4.78 is 4.76. The zero-order valence-electron chi connectivity index (χ0n) is 8.58. The van der Waals surface area contributed by atoms with Gasteiger partial charge in [-0.2, -0.15) is 0 Å². The van der Waals surface area contributed by atoms with Crippen LogP contribution >= 0.6 is 91.3 Å². The van der Waals surface area contributed by atoms with E-state index in [1.165, 1.54) is 0 Å². The summed E-state index contributed by atoms with van der Waals surface area (Å²) in [6, 6.07) is 8.04. The number of hydrogen-bond acceptors (Lipinski definition) is 0.